The maximum Gasteiger partial charge on any atom is 0.234 e. The number of rotatable bonds is 9. The second-order valence-corrected chi connectivity index (χ2v) is 7.59. The fourth-order valence-corrected chi connectivity index (χ4v) is 3.34. The molecule has 2 amide bonds. The highest BCUT2D eigenvalue weighted by Crippen LogP contribution is 2.16. The lowest BCUT2D eigenvalue weighted by Crippen LogP contribution is -2.35. The zero-order valence-corrected chi connectivity index (χ0v) is 16.9. The van der Waals surface area contributed by atoms with Gasteiger partial charge in [0.1, 0.15) is 0 Å². The molecule has 2 rings (SSSR count). The molecule has 0 heterocycles. The van der Waals surface area contributed by atoms with Crippen LogP contribution in [0.1, 0.15) is 17.2 Å². The van der Waals surface area contributed by atoms with E-state index in [2.05, 4.69) is 27.7 Å². The van der Waals surface area contributed by atoms with Crippen molar-refractivity contribution in [2.24, 2.45) is 0 Å². The number of carbonyl (C=O) groups excluding carboxylic acids is 2. The van der Waals surface area contributed by atoms with Crippen molar-refractivity contribution in [3.05, 3.63) is 65.7 Å². The van der Waals surface area contributed by atoms with Crippen molar-refractivity contribution in [3.63, 3.8) is 0 Å². The molecule has 6 heteroatoms. The molecule has 0 aliphatic carbocycles. The Morgan fingerprint density at radius 3 is 2.37 bits per heavy atom. The van der Waals surface area contributed by atoms with E-state index in [0.29, 0.717) is 6.54 Å². The summed E-state index contributed by atoms with van der Waals surface area (Å²) in [5, 5.41) is 5.81. The van der Waals surface area contributed by atoms with Crippen LogP contribution in [0.2, 0.25) is 0 Å². The molecule has 0 radical (unpaired) electrons. The number of anilines is 1. The van der Waals surface area contributed by atoms with Gasteiger partial charge in [-0.15, -0.1) is 11.8 Å². The van der Waals surface area contributed by atoms with Crippen LogP contribution in [-0.4, -0.2) is 48.9 Å². The van der Waals surface area contributed by atoms with Crippen LogP contribution in [0.25, 0.3) is 0 Å². The lowest BCUT2D eigenvalue weighted by Gasteiger charge is -2.25. The van der Waals surface area contributed by atoms with E-state index in [1.54, 1.807) is 0 Å². The van der Waals surface area contributed by atoms with Crippen molar-refractivity contribution in [2.75, 3.05) is 37.5 Å². The Kier molecular flexibility index (Phi) is 8.36. The summed E-state index contributed by atoms with van der Waals surface area (Å²) in [4.78, 5) is 26.2. The fourth-order valence-electron chi connectivity index (χ4n) is 2.69. The van der Waals surface area contributed by atoms with Crippen LogP contribution >= 0.6 is 11.8 Å². The summed E-state index contributed by atoms with van der Waals surface area (Å²) >= 11 is 1.31. The minimum atomic E-state index is -0.103. The van der Waals surface area contributed by atoms with Crippen molar-refractivity contribution in [1.29, 1.82) is 0 Å². The standard InChI is InChI=1S/C21H27N3O2S/c1-16-8-7-11-18(12-16)23-21(26)15-27-14-20(25)22-13-19(24(2)3)17-9-5-4-6-10-17/h4-12,19H,13-15H2,1-3H3,(H,22,25)(H,23,26). The van der Waals surface area contributed by atoms with Crippen LogP contribution in [0.4, 0.5) is 5.69 Å². The summed E-state index contributed by atoms with van der Waals surface area (Å²) in [6, 6.07) is 17.9. The van der Waals surface area contributed by atoms with Gasteiger partial charge in [-0.05, 0) is 44.3 Å². The molecule has 0 aliphatic heterocycles. The maximum atomic E-state index is 12.1. The number of nitrogens with zero attached hydrogens (tertiary/aromatic N) is 1. The number of thioether (sulfide) groups is 1. The molecular weight excluding hydrogens is 358 g/mol. The quantitative estimate of drug-likeness (QED) is 0.696. The molecule has 27 heavy (non-hydrogen) atoms. The Labute approximate surface area is 165 Å². The number of hydrogen-bond acceptors (Lipinski definition) is 4. The molecule has 0 spiro atoms. The highest BCUT2D eigenvalue weighted by molar-refractivity contribution is 8.00. The van der Waals surface area contributed by atoms with Gasteiger partial charge < -0.3 is 15.5 Å². The van der Waals surface area contributed by atoms with Gasteiger partial charge in [0.25, 0.3) is 0 Å². The number of nitrogens with one attached hydrogen (secondary N) is 2. The normalized spacial score (nSPS) is 11.9. The van der Waals surface area contributed by atoms with Crippen LogP contribution in [-0.2, 0) is 9.59 Å². The summed E-state index contributed by atoms with van der Waals surface area (Å²) in [6.45, 7) is 2.51. The van der Waals surface area contributed by atoms with E-state index in [-0.39, 0.29) is 29.4 Å². The van der Waals surface area contributed by atoms with E-state index in [0.717, 1.165) is 16.8 Å². The fraction of sp³-hybridized carbons (Fsp3) is 0.333. The minimum absolute atomic E-state index is 0.0638. The number of likely N-dealkylation sites (N-methyl/N-ethyl adjacent to an activating group) is 1. The van der Waals surface area contributed by atoms with Crippen LogP contribution in [0, 0.1) is 6.92 Å². The third kappa shape index (κ3) is 7.45. The molecule has 0 bridgehead atoms. The van der Waals surface area contributed by atoms with Crippen molar-refractivity contribution >= 4 is 29.3 Å². The molecule has 0 aromatic heterocycles. The summed E-state index contributed by atoms with van der Waals surface area (Å²) in [5.41, 5.74) is 3.03. The second-order valence-electron chi connectivity index (χ2n) is 6.60. The van der Waals surface area contributed by atoms with E-state index in [1.807, 2.05) is 63.5 Å². The van der Waals surface area contributed by atoms with E-state index in [4.69, 9.17) is 0 Å². The van der Waals surface area contributed by atoms with Crippen LogP contribution in [0.15, 0.2) is 54.6 Å². The molecule has 1 unspecified atom stereocenters. The monoisotopic (exact) mass is 385 g/mol. The van der Waals surface area contributed by atoms with Crippen molar-refractivity contribution in [1.82, 2.24) is 10.2 Å². The average molecular weight is 386 g/mol. The van der Waals surface area contributed by atoms with Gasteiger partial charge in [-0.25, -0.2) is 0 Å². The van der Waals surface area contributed by atoms with Gasteiger partial charge in [-0.3, -0.25) is 9.59 Å². The molecular formula is C21H27N3O2S. The summed E-state index contributed by atoms with van der Waals surface area (Å²) < 4.78 is 0. The zero-order valence-electron chi connectivity index (χ0n) is 16.1. The predicted molar refractivity (Wildman–Crippen MR) is 113 cm³/mol. The van der Waals surface area contributed by atoms with Gasteiger partial charge in [0.15, 0.2) is 0 Å². The first-order valence-electron chi connectivity index (χ1n) is 8.88. The first-order valence-corrected chi connectivity index (χ1v) is 10.0. The van der Waals surface area contributed by atoms with Crippen LogP contribution in [0.5, 0.6) is 0 Å². The number of aryl methyl sites for hydroxylation is 1. The van der Waals surface area contributed by atoms with Crippen molar-refractivity contribution < 1.29 is 9.59 Å². The SMILES string of the molecule is Cc1cccc(NC(=O)CSCC(=O)NCC(c2ccccc2)N(C)C)c1. The molecule has 5 nitrogen and oxygen atoms in total. The molecule has 0 saturated carbocycles. The van der Waals surface area contributed by atoms with Gasteiger partial charge >= 0.3 is 0 Å². The van der Waals surface area contributed by atoms with Crippen molar-refractivity contribution in [3.8, 4) is 0 Å². The van der Waals surface area contributed by atoms with E-state index >= 15 is 0 Å². The number of hydrogen-bond donors (Lipinski definition) is 2. The van der Waals surface area contributed by atoms with Crippen molar-refractivity contribution in [2.45, 2.75) is 13.0 Å². The highest BCUT2D eigenvalue weighted by Gasteiger charge is 2.15. The van der Waals surface area contributed by atoms with Gasteiger partial charge in [0, 0.05) is 12.2 Å². The number of carbonyl (C=O) groups is 2. The Morgan fingerprint density at radius 1 is 1.00 bits per heavy atom. The van der Waals surface area contributed by atoms with E-state index in [1.165, 1.54) is 11.8 Å². The molecule has 2 N–H and O–H groups in total. The first-order chi connectivity index (χ1) is 13.0. The van der Waals surface area contributed by atoms with Crippen LogP contribution < -0.4 is 10.6 Å². The van der Waals surface area contributed by atoms with Gasteiger partial charge in [0.05, 0.1) is 17.5 Å². The Hall–Kier alpha value is -2.31. The molecule has 144 valence electrons. The molecule has 0 aliphatic rings. The van der Waals surface area contributed by atoms with Gasteiger partial charge in [0.2, 0.25) is 11.8 Å². The van der Waals surface area contributed by atoms with Crippen LogP contribution in [0.3, 0.4) is 0 Å². The smallest absolute Gasteiger partial charge is 0.234 e. The topological polar surface area (TPSA) is 61.4 Å². The lowest BCUT2D eigenvalue weighted by molar-refractivity contribution is -0.118. The molecule has 1 atom stereocenters. The molecule has 2 aromatic carbocycles. The van der Waals surface area contributed by atoms with Gasteiger partial charge in [-0.2, -0.15) is 0 Å². The Morgan fingerprint density at radius 2 is 1.70 bits per heavy atom. The Bertz CT molecular complexity index is 750. The number of amides is 2. The second kappa shape index (κ2) is 10.7. The molecule has 0 saturated heterocycles. The molecule has 0 fully saturated rings. The predicted octanol–water partition coefficient (Wildman–Crippen LogP) is 3.09. The maximum absolute atomic E-state index is 12.1. The third-order valence-electron chi connectivity index (χ3n) is 4.07. The lowest BCUT2D eigenvalue weighted by atomic mass is 10.1. The number of benzene rings is 2. The highest BCUT2D eigenvalue weighted by atomic mass is 32.2. The summed E-state index contributed by atoms with van der Waals surface area (Å²) in [6.07, 6.45) is 0. The summed E-state index contributed by atoms with van der Waals surface area (Å²) in [5.74, 6) is 0.341. The van der Waals surface area contributed by atoms with E-state index in [9.17, 15) is 9.59 Å². The minimum Gasteiger partial charge on any atom is -0.353 e. The Balaban J connectivity index is 1.71. The first kappa shape index (κ1) is 21.0. The summed E-state index contributed by atoms with van der Waals surface area (Å²) in [7, 11) is 3.99. The van der Waals surface area contributed by atoms with E-state index < -0.39 is 0 Å². The van der Waals surface area contributed by atoms with Gasteiger partial charge in [-0.1, -0.05) is 42.5 Å². The zero-order chi connectivity index (χ0) is 19.6. The third-order valence-corrected chi connectivity index (χ3v) is 5.00. The average Bonchev–Trinajstić information content (AvgIpc) is 2.62. The molecule has 2 aromatic rings. The largest absolute Gasteiger partial charge is 0.353 e.